The molecule has 8 heteroatoms. The summed E-state index contributed by atoms with van der Waals surface area (Å²) in [4.78, 5) is 30.4. The van der Waals surface area contributed by atoms with Gasteiger partial charge in [-0.05, 0) is 6.92 Å². The van der Waals surface area contributed by atoms with Crippen LogP contribution in [0.4, 0.5) is 0 Å². The van der Waals surface area contributed by atoms with Gasteiger partial charge in [0.05, 0.1) is 0 Å². The zero-order chi connectivity index (χ0) is 15.6. The third kappa shape index (κ3) is 3.14. The van der Waals surface area contributed by atoms with Crippen LogP contribution >= 0.6 is 23.4 Å². The number of allylic oxidation sites excluding steroid dienone is 2. The molecular formula is C13H15ClN4O2S. The molecule has 0 radical (unpaired) electrons. The maximum Gasteiger partial charge on any atom is 0.329 e. The van der Waals surface area contributed by atoms with Gasteiger partial charge in [-0.25, -0.2) is 9.78 Å². The van der Waals surface area contributed by atoms with Crippen molar-refractivity contribution in [3.8, 4) is 0 Å². The van der Waals surface area contributed by atoms with Crippen LogP contribution in [0.5, 0.6) is 0 Å². The molecule has 0 spiro atoms. The van der Waals surface area contributed by atoms with Crippen molar-refractivity contribution >= 4 is 34.5 Å². The Balaban J connectivity index is 2.62. The molecule has 0 saturated carbocycles. The number of aromatic amines is 1. The molecule has 2 heterocycles. The van der Waals surface area contributed by atoms with Gasteiger partial charge < -0.3 is 4.57 Å². The molecule has 0 aliphatic carbocycles. The predicted molar refractivity (Wildman–Crippen MR) is 86.1 cm³/mol. The first-order valence-corrected chi connectivity index (χ1v) is 7.57. The average molecular weight is 327 g/mol. The van der Waals surface area contributed by atoms with Crippen molar-refractivity contribution in [2.75, 3.05) is 5.75 Å². The number of rotatable bonds is 5. The summed E-state index contributed by atoms with van der Waals surface area (Å²) in [5.74, 6) is 0.627. The second-order valence-electron chi connectivity index (χ2n) is 4.39. The first kappa shape index (κ1) is 15.7. The minimum absolute atomic E-state index is 0.361. The predicted octanol–water partition coefficient (Wildman–Crippen LogP) is 1.84. The van der Waals surface area contributed by atoms with Crippen LogP contribution < -0.4 is 11.2 Å². The van der Waals surface area contributed by atoms with E-state index < -0.39 is 11.2 Å². The summed E-state index contributed by atoms with van der Waals surface area (Å²) >= 11 is 7.24. The Hall–Kier alpha value is -1.73. The van der Waals surface area contributed by atoms with Gasteiger partial charge >= 0.3 is 5.69 Å². The monoisotopic (exact) mass is 326 g/mol. The molecular weight excluding hydrogens is 312 g/mol. The molecule has 0 atom stereocenters. The van der Waals surface area contributed by atoms with Crippen molar-refractivity contribution in [2.24, 2.45) is 7.05 Å². The third-order valence-electron chi connectivity index (χ3n) is 2.86. The van der Waals surface area contributed by atoms with Gasteiger partial charge in [0.15, 0.2) is 16.3 Å². The number of H-pyrrole nitrogens is 1. The molecule has 0 aliphatic heterocycles. The highest BCUT2D eigenvalue weighted by Crippen LogP contribution is 2.22. The topological polar surface area (TPSA) is 72.7 Å². The highest BCUT2D eigenvalue weighted by atomic mass is 35.5. The Morgan fingerprint density at radius 2 is 2.24 bits per heavy atom. The van der Waals surface area contributed by atoms with E-state index in [1.807, 2.05) is 6.08 Å². The number of imidazole rings is 1. The molecule has 6 nitrogen and oxygen atoms in total. The number of fused-ring (bicyclic) bond motifs is 1. The Bertz CT molecular complexity index is 827. The summed E-state index contributed by atoms with van der Waals surface area (Å²) in [5.41, 5.74) is -0.201. The van der Waals surface area contributed by atoms with Crippen LogP contribution in [0.25, 0.3) is 11.2 Å². The average Bonchev–Trinajstić information content (AvgIpc) is 2.76. The summed E-state index contributed by atoms with van der Waals surface area (Å²) in [7, 11) is 1.57. The first-order chi connectivity index (χ1) is 9.95. The lowest BCUT2D eigenvalue weighted by atomic mass is 10.5. The highest BCUT2D eigenvalue weighted by molar-refractivity contribution is 7.99. The standard InChI is InChI=1S/C13H15ClN4O2S/c1-4-6-18-9-10(17(3)12(20)16-11(9)19)15-13(18)21-7-5-8(2)14/h4-5H,1,6-7H2,2-3H3,(H,16,19,20)/b8-5-. The van der Waals surface area contributed by atoms with Gasteiger partial charge in [0.1, 0.15) is 0 Å². The van der Waals surface area contributed by atoms with Crippen molar-refractivity contribution in [1.82, 2.24) is 19.1 Å². The molecule has 2 aromatic heterocycles. The van der Waals surface area contributed by atoms with Crippen LogP contribution in [0.2, 0.25) is 0 Å². The van der Waals surface area contributed by atoms with Gasteiger partial charge in [0.2, 0.25) is 0 Å². The summed E-state index contributed by atoms with van der Waals surface area (Å²) in [6.07, 6.45) is 3.53. The number of halogens is 1. The molecule has 0 saturated heterocycles. The van der Waals surface area contributed by atoms with Crippen LogP contribution in [0.15, 0.2) is 38.5 Å². The molecule has 1 N–H and O–H groups in total. The Morgan fingerprint density at radius 1 is 1.52 bits per heavy atom. The number of nitrogens with one attached hydrogen (secondary N) is 1. The van der Waals surface area contributed by atoms with Gasteiger partial charge in [-0.3, -0.25) is 14.3 Å². The number of hydrogen-bond acceptors (Lipinski definition) is 4. The fourth-order valence-corrected chi connectivity index (χ4v) is 2.98. The van der Waals surface area contributed by atoms with Crippen molar-refractivity contribution in [3.05, 3.63) is 44.6 Å². The Labute approximate surface area is 130 Å². The van der Waals surface area contributed by atoms with Crippen LogP contribution in [0, 0.1) is 0 Å². The van der Waals surface area contributed by atoms with E-state index in [2.05, 4.69) is 16.5 Å². The molecule has 0 amide bonds. The molecule has 112 valence electrons. The number of aromatic nitrogens is 4. The Kier molecular flexibility index (Phi) is 4.74. The van der Waals surface area contributed by atoms with Gasteiger partial charge in [0, 0.05) is 24.4 Å². The van der Waals surface area contributed by atoms with Crippen LogP contribution in [0.1, 0.15) is 6.92 Å². The van der Waals surface area contributed by atoms with Crippen molar-refractivity contribution in [3.63, 3.8) is 0 Å². The molecule has 0 aliphatic rings. The van der Waals surface area contributed by atoms with Crippen molar-refractivity contribution in [1.29, 1.82) is 0 Å². The van der Waals surface area contributed by atoms with Crippen LogP contribution in [0.3, 0.4) is 0 Å². The minimum Gasteiger partial charge on any atom is -0.309 e. The highest BCUT2D eigenvalue weighted by Gasteiger charge is 2.16. The van der Waals surface area contributed by atoms with E-state index in [0.29, 0.717) is 33.7 Å². The molecule has 0 aromatic carbocycles. The largest absolute Gasteiger partial charge is 0.329 e. The Morgan fingerprint density at radius 3 is 2.86 bits per heavy atom. The number of nitrogens with zero attached hydrogens (tertiary/aromatic N) is 3. The molecule has 0 fully saturated rings. The van der Waals surface area contributed by atoms with E-state index >= 15 is 0 Å². The van der Waals surface area contributed by atoms with E-state index in [1.54, 1.807) is 24.6 Å². The zero-order valence-corrected chi connectivity index (χ0v) is 13.3. The second kappa shape index (κ2) is 6.36. The van der Waals surface area contributed by atoms with Gasteiger partial charge in [-0.1, -0.05) is 35.5 Å². The summed E-state index contributed by atoms with van der Waals surface area (Å²) in [6.45, 7) is 5.92. The van der Waals surface area contributed by atoms with Gasteiger partial charge in [-0.2, -0.15) is 0 Å². The number of aryl methyl sites for hydroxylation is 1. The lowest BCUT2D eigenvalue weighted by Crippen LogP contribution is -2.29. The van der Waals surface area contributed by atoms with E-state index in [-0.39, 0.29) is 0 Å². The van der Waals surface area contributed by atoms with Crippen molar-refractivity contribution < 1.29 is 0 Å². The molecule has 0 unspecified atom stereocenters. The maximum atomic E-state index is 12.0. The summed E-state index contributed by atoms with van der Waals surface area (Å²) < 4.78 is 3.06. The molecule has 21 heavy (non-hydrogen) atoms. The van der Waals surface area contributed by atoms with E-state index in [4.69, 9.17) is 11.6 Å². The summed E-state index contributed by atoms with van der Waals surface area (Å²) in [6, 6.07) is 0. The fourth-order valence-electron chi connectivity index (χ4n) is 1.85. The van der Waals surface area contributed by atoms with E-state index in [9.17, 15) is 9.59 Å². The van der Waals surface area contributed by atoms with E-state index in [0.717, 1.165) is 0 Å². The number of hydrogen-bond donors (Lipinski definition) is 1. The molecule has 0 bridgehead atoms. The van der Waals surface area contributed by atoms with Crippen LogP contribution in [-0.4, -0.2) is 24.9 Å². The normalized spacial score (nSPS) is 12.0. The molecule has 2 aromatic rings. The maximum absolute atomic E-state index is 12.0. The lowest BCUT2D eigenvalue weighted by molar-refractivity contribution is 0.746. The van der Waals surface area contributed by atoms with E-state index in [1.165, 1.54) is 16.3 Å². The quantitative estimate of drug-likeness (QED) is 0.672. The van der Waals surface area contributed by atoms with Crippen molar-refractivity contribution in [2.45, 2.75) is 18.6 Å². The van der Waals surface area contributed by atoms with Crippen LogP contribution in [-0.2, 0) is 13.6 Å². The molecule has 2 rings (SSSR count). The lowest BCUT2D eigenvalue weighted by Gasteiger charge is -2.04. The van der Waals surface area contributed by atoms with Gasteiger partial charge in [0.25, 0.3) is 5.56 Å². The minimum atomic E-state index is -0.483. The number of thioether (sulfide) groups is 1. The first-order valence-electron chi connectivity index (χ1n) is 6.21. The van der Waals surface area contributed by atoms with Gasteiger partial charge in [-0.15, -0.1) is 6.58 Å². The zero-order valence-electron chi connectivity index (χ0n) is 11.7. The SMILES string of the molecule is C=CCn1c(SC/C=C(/C)Cl)nc2c1c(=O)[nH]c(=O)n2C. The smallest absolute Gasteiger partial charge is 0.309 e. The second-order valence-corrected chi connectivity index (χ2v) is 5.97. The fraction of sp³-hybridized carbons (Fsp3) is 0.308. The summed E-state index contributed by atoms with van der Waals surface area (Å²) in [5, 5.41) is 1.34. The third-order valence-corrected chi connectivity index (χ3v) is 3.92.